The predicted molar refractivity (Wildman–Crippen MR) is 65.9 cm³/mol. The van der Waals surface area contributed by atoms with Crippen molar-refractivity contribution >= 4 is 15.7 Å². The van der Waals surface area contributed by atoms with E-state index in [1.54, 1.807) is 19.9 Å². The monoisotopic (exact) mass is 242 g/mol. The van der Waals surface area contributed by atoms with E-state index in [0.29, 0.717) is 16.1 Å². The molecule has 1 aromatic carbocycles. The maximum absolute atomic E-state index is 12.1. The van der Waals surface area contributed by atoms with E-state index in [-0.39, 0.29) is 0 Å². The number of benzene rings is 1. The van der Waals surface area contributed by atoms with Gasteiger partial charge < -0.3 is 5.73 Å². The highest BCUT2D eigenvalue weighted by atomic mass is 32.2. The van der Waals surface area contributed by atoms with Crippen LogP contribution in [0.5, 0.6) is 0 Å². The molecule has 0 heterocycles. The molecule has 1 rings (SSSR count). The number of nitrogens with zero attached hydrogens (tertiary/aromatic N) is 1. The Morgan fingerprint density at radius 3 is 2.06 bits per heavy atom. The molecule has 0 fully saturated rings. The first kappa shape index (κ1) is 13.0. The second kappa shape index (κ2) is 4.07. The lowest BCUT2D eigenvalue weighted by atomic mass is 10.1. The van der Waals surface area contributed by atoms with Gasteiger partial charge in [-0.3, -0.25) is 0 Å². The fourth-order valence-corrected chi connectivity index (χ4v) is 3.09. The molecule has 1 aromatic rings. The van der Waals surface area contributed by atoms with Crippen LogP contribution in [-0.4, -0.2) is 26.8 Å². The van der Waals surface area contributed by atoms with Gasteiger partial charge in [0, 0.05) is 19.8 Å². The topological polar surface area (TPSA) is 63.4 Å². The second-order valence-electron chi connectivity index (χ2n) is 4.17. The third-order valence-corrected chi connectivity index (χ3v) is 4.80. The molecule has 0 atom stereocenters. The molecule has 0 aliphatic rings. The summed E-state index contributed by atoms with van der Waals surface area (Å²) in [5.74, 6) is 0. The van der Waals surface area contributed by atoms with Gasteiger partial charge in [0.05, 0.1) is 4.90 Å². The fraction of sp³-hybridized carbons (Fsp3) is 0.455. The smallest absolute Gasteiger partial charge is 0.243 e. The molecule has 90 valence electrons. The van der Waals surface area contributed by atoms with Crippen molar-refractivity contribution in [2.45, 2.75) is 25.7 Å². The number of sulfonamides is 1. The van der Waals surface area contributed by atoms with Crippen LogP contribution in [0.1, 0.15) is 16.7 Å². The Labute approximate surface area is 97.1 Å². The van der Waals surface area contributed by atoms with Crippen LogP contribution in [0, 0.1) is 20.8 Å². The van der Waals surface area contributed by atoms with Gasteiger partial charge in [0.25, 0.3) is 0 Å². The number of aryl methyl sites for hydroxylation is 2. The number of anilines is 1. The molecule has 16 heavy (non-hydrogen) atoms. The standard InChI is InChI=1S/C11H18N2O2S/c1-7-6-8(2)11(9(3)10(7)12)16(14,15)13(4)5/h6H,12H2,1-5H3. The maximum Gasteiger partial charge on any atom is 0.243 e. The van der Waals surface area contributed by atoms with E-state index in [0.717, 1.165) is 11.1 Å². The first-order valence-electron chi connectivity index (χ1n) is 4.98. The molecule has 0 aliphatic heterocycles. The molecule has 0 amide bonds. The summed E-state index contributed by atoms with van der Waals surface area (Å²) in [6, 6.07) is 1.80. The molecular formula is C11H18N2O2S. The van der Waals surface area contributed by atoms with Crippen LogP contribution >= 0.6 is 0 Å². The third-order valence-electron chi connectivity index (χ3n) is 2.70. The summed E-state index contributed by atoms with van der Waals surface area (Å²) in [5, 5.41) is 0. The lowest BCUT2D eigenvalue weighted by Crippen LogP contribution is -2.24. The Morgan fingerprint density at radius 2 is 1.62 bits per heavy atom. The van der Waals surface area contributed by atoms with Crippen LogP contribution in [0.25, 0.3) is 0 Å². The summed E-state index contributed by atoms with van der Waals surface area (Å²) in [6.45, 7) is 5.41. The van der Waals surface area contributed by atoms with Crippen LogP contribution in [0.2, 0.25) is 0 Å². The second-order valence-corrected chi connectivity index (χ2v) is 6.25. The Balaban J connectivity index is 3.66. The van der Waals surface area contributed by atoms with E-state index in [4.69, 9.17) is 5.73 Å². The fourth-order valence-electron chi connectivity index (χ4n) is 1.76. The van der Waals surface area contributed by atoms with Gasteiger partial charge in [0.15, 0.2) is 0 Å². The minimum Gasteiger partial charge on any atom is -0.398 e. The van der Waals surface area contributed by atoms with E-state index >= 15 is 0 Å². The first-order chi connectivity index (χ1) is 7.19. The van der Waals surface area contributed by atoms with Gasteiger partial charge in [-0.15, -0.1) is 0 Å². The first-order valence-corrected chi connectivity index (χ1v) is 6.42. The van der Waals surface area contributed by atoms with Crippen molar-refractivity contribution in [3.63, 3.8) is 0 Å². The summed E-state index contributed by atoms with van der Waals surface area (Å²) in [4.78, 5) is 0.320. The summed E-state index contributed by atoms with van der Waals surface area (Å²) >= 11 is 0. The van der Waals surface area contributed by atoms with Gasteiger partial charge >= 0.3 is 0 Å². The Morgan fingerprint density at radius 1 is 1.12 bits per heavy atom. The van der Waals surface area contributed by atoms with Gasteiger partial charge in [0.1, 0.15) is 0 Å². The highest BCUT2D eigenvalue weighted by Gasteiger charge is 2.23. The van der Waals surface area contributed by atoms with Crippen LogP contribution in [0.15, 0.2) is 11.0 Å². The SMILES string of the molecule is Cc1cc(C)c(S(=O)(=O)N(C)C)c(C)c1N. The van der Waals surface area contributed by atoms with Gasteiger partial charge in [0.2, 0.25) is 10.0 Å². The summed E-state index contributed by atoms with van der Waals surface area (Å²) in [5.41, 5.74) is 8.69. The third kappa shape index (κ3) is 1.92. The number of nitrogens with two attached hydrogens (primary N) is 1. The zero-order valence-electron chi connectivity index (χ0n) is 10.3. The molecule has 4 nitrogen and oxygen atoms in total. The molecule has 0 saturated carbocycles. The van der Waals surface area contributed by atoms with Crippen LogP contribution in [-0.2, 0) is 10.0 Å². The Bertz CT molecular complexity index is 519. The minimum absolute atomic E-state index is 0.320. The average molecular weight is 242 g/mol. The minimum atomic E-state index is -3.42. The Kier molecular flexibility index (Phi) is 3.30. The zero-order chi connectivity index (χ0) is 12.7. The zero-order valence-corrected chi connectivity index (χ0v) is 11.1. The molecule has 2 N–H and O–H groups in total. The van der Waals surface area contributed by atoms with Gasteiger partial charge in [-0.25, -0.2) is 12.7 Å². The van der Waals surface area contributed by atoms with Crippen LogP contribution in [0.3, 0.4) is 0 Å². The average Bonchev–Trinajstić information content (AvgIpc) is 2.13. The molecule has 0 bridgehead atoms. The van der Waals surface area contributed by atoms with Crippen molar-refractivity contribution in [1.82, 2.24) is 4.31 Å². The van der Waals surface area contributed by atoms with Crippen molar-refractivity contribution in [2.75, 3.05) is 19.8 Å². The van der Waals surface area contributed by atoms with Crippen molar-refractivity contribution in [3.05, 3.63) is 22.8 Å². The van der Waals surface area contributed by atoms with Gasteiger partial charge in [-0.2, -0.15) is 0 Å². The summed E-state index contributed by atoms with van der Waals surface area (Å²) in [7, 11) is -0.388. The molecule has 0 saturated heterocycles. The Hall–Kier alpha value is -1.07. The van der Waals surface area contributed by atoms with E-state index in [1.807, 2.05) is 6.92 Å². The molecule has 0 aliphatic carbocycles. The molecule has 0 radical (unpaired) electrons. The molecule has 0 unspecified atom stereocenters. The largest absolute Gasteiger partial charge is 0.398 e. The lowest BCUT2D eigenvalue weighted by molar-refractivity contribution is 0.519. The lowest BCUT2D eigenvalue weighted by Gasteiger charge is -2.18. The molecular weight excluding hydrogens is 224 g/mol. The molecule has 5 heteroatoms. The normalized spacial score (nSPS) is 12.1. The van der Waals surface area contributed by atoms with Crippen LogP contribution < -0.4 is 5.73 Å². The number of hydrogen-bond acceptors (Lipinski definition) is 3. The number of rotatable bonds is 2. The highest BCUT2D eigenvalue weighted by Crippen LogP contribution is 2.29. The highest BCUT2D eigenvalue weighted by molar-refractivity contribution is 7.89. The summed E-state index contributed by atoms with van der Waals surface area (Å²) < 4.78 is 25.4. The van der Waals surface area contributed by atoms with Gasteiger partial charge in [-0.1, -0.05) is 6.07 Å². The van der Waals surface area contributed by atoms with E-state index in [1.165, 1.54) is 18.4 Å². The quantitative estimate of drug-likeness (QED) is 0.798. The van der Waals surface area contributed by atoms with E-state index in [9.17, 15) is 8.42 Å². The van der Waals surface area contributed by atoms with Crippen molar-refractivity contribution in [3.8, 4) is 0 Å². The number of nitrogen functional groups attached to an aromatic ring is 1. The molecule has 0 spiro atoms. The van der Waals surface area contributed by atoms with Crippen molar-refractivity contribution in [1.29, 1.82) is 0 Å². The van der Waals surface area contributed by atoms with Gasteiger partial charge in [-0.05, 0) is 37.5 Å². The van der Waals surface area contributed by atoms with E-state index in [2.05, 4.69) is 0 Å². The van der Waals surface area contributed by atoms with Crippen molar-refractivity contribution in [2.24, 2.45) is 0 Å². The maximum atomic E-state index is 12.1. The summed E-state index contributed by atoms with van der Waals surface area (Å²) in [6.07, 6.45) is 0. The van der Waals surface area contributed by atoms with E-state index < -0.39 is 10.0 Å². The predicted octanol–water partition coefficient (Wildman–Crippen LogP) is 1.44. The van der Waals surface area contributed by atoms with Crippen molar-refractivity contribution < 1.29 is 8.42 Å². The molecule has 0 aromatic heterocycles. The number of hydrogen-bond donors (Lipinski definition) is 1. The van der Waals surface area contributed by atoms with Crippen LogP contribution in [0.4, 0.5) is 5.69 Å².